The first kappa shape index (κ1) is 11.5. The highest BCUT2D eigenvalue weighted by atomic mass is 15.3. The Morgan fingerprint density at radius 1 is 1.35 bits per heavy atom. The van der Waals surface area contributed by atoms with E-state index < -0.39 is 0 Å². The molecule has 0 spiro atoms. The van der Waals surface area contributed by atoms with Crippen LogP contribution in [-0.4, -0.2) is 19.7 Å². The zero-order valence-electron chi connectivity index (χ0n) is 10.2. The zero-order chi connectivity index (χ0) is 12.4. The van der Waals surface area contributed by atoms with Gasteiger partial charge in [0.05, 0.1) is 0 Å². The van der Waals surface area contributed by atoms with Crippen molar-refractivity contribution in [1.82, 2.24) is 19.7 Å². The smallest absolute Gasteiger partial charge is 0.180 e. The maximum atomic E-state index is 5.45. The van der Waals surface area contributed by atoms with E-state index in [1.165, 1.54) is 0 Å². The van der Waals surface area contributed by atoms with Gasteiger partial charge in [0.1, 0.15) is 11.5 Å². The molecule has 0 aliphatic rings. The highest BCUT2D eigenvalue weighted by molar-refractivity contribution is 5.56. The average Bonchev–Trinajstić information content (AvgIpc) is 2.80. The standard InChI is InChI=1S/C11H16N6/c1-4-17-9(5-6-13-17)11-14-8(3)7(2)10(15-11)16-12/h5-6H,4,12H2,1-3H3,(H,14,15,16). The molecule has 3 N–H and O–H groups in total. The monoisotopic (exact) mass is 232 g/mol. The van der Waals surface area contributed by atoms with Crippen molar-refractivity contribution in [1.29, 1.82) is 0 Å². The molecular weight excluding hydrogens is 216 g/mol. The molecule has 90 valence electrons. The molecule has 2 rings (SSSR count). The van der Waals surface area contributed by atoms with Crippen LogP contribution in [0.25, 0.3) is 11.5 Å². The Balaban J connectivity index is 2.57. The van der Waals surface area contributed by atoms with Crippen LogP contribution in [-0.2, 0) is 6.54 Å². The molecule has 0 aromatic carbocycles. The van der Waals surface area contributed by atoms with E-state index in [2.05, 4.69) is 20.5 Å². The summed E-state index contributed by atoms with van der Waals surface area (Å²) in [7, 11) is 0. The highest BCUT2D eigenvalue weighted by Crippen LogP contribution is 2.20. The van der Waals surface area contributed by atoms with Gasteiger partial charge in [-0.1, -0.05) is 0 Å². The van der Waals surface area contributed by atoms with Gasteiger partial charge >= 0.3 is 0 Å². The van der Waals surface area contributed by atoms with Crippen LogP contribution in [0.1, 0.15) is 18.2 Å². The van der Waals surface area contributed by atoms with Crippen molar-refractivity contribution < 1.29 is 0 Å². The number of hydrogen-bond donors (Lipinski definition) is 2. The number of anilines is 1. The highest BCUT2D eigenvalue weighted by Gasteiger charge is 2.11. The summed E-state index contributed by atoms with van der Waals surface area (Å²) >= 11 is 0. The van der Waals surface area contributed by atoms with Crippen molar-refractivity contribution in [3.8, 4) is 11.5 Å². The topological polar surface area (TPSA) is 81.7 Å². The molecule has 2 aromatic heterocycles. The number of aryl methyl sites for hydroxylation is 2. The fourth-order valence-corrected chi connectivity index (χ4v) is 1.66. The van der Waals surface area contributed by atoms with E-state index in [0.29, 0.717) is 11.6 Å². The van der Waals surface area contributed by atoms with E-state index in [1.807, 2.05) is 31.5 Å². The minimum absolute atomic E-state index is 0.639. The van der Waals surface area contributed by atoms with E-state index in [4.69, 9.17) is 5.84 Å². The number of aromatic nitrogens is 4. The number of nitrogens with one attached hydrogen (secondary N) is 1. The van der Waals surface area contributed by atoms with Crippen molar-refractivity contribution in [2.24, 2.45) is 5.84 Å². The summed E-state index contributed by atoms with van der Waals surface area (Å²) in [5.41, 5.74) is 5.36. The van der Waals surface area contributed by atoms with Gasteiger partial charge in [-0.25, -0.2) is 15.8 Å². The van der Waals surface area contributed by atoms with Crippen LogP contribution < -0.4 is 11.3 Å². The summed E-state index contributed by atoms with van der Waals surface area (Å²) < 4.78 is 1.85. The van der Waals surface area contributed by atoms with Gasteiger partial charge in [-0.15, -0.1) is 0 Å². The molecule has 0 unspecified atom stereocenters. The van der Waals surface area contributed by atoms with Crippen LogP contribution in [0, 0.1) is 13.8 Å². The number of nitrogen functional groups attached to an aromatic ring is 1. The summed E-state index contributed by atoms with van der Waals surface area (Å²) in [6, 6.07) is 1.90. The van der Waals surface area contributed by atoms with Gasteiger partial charge < -0.3 is 5.43 Å². The Hall–Kier alpha value is -1.95. The minimum atomic E-state index is 0.639. The predicted octanol–water partition coefficient (Wildman–Crippen LogP) is 1.26. The van der Waals surface area contributed by atoms with Crippen LogP contribution >= 0.6 is 0 Å². The van der Waals surface area contributed by atoms with Crippen molar-refractivity contribution >= 4 is 5.82 Å². The molecule has 2 aromatic rings. The van der Waals surface area contributed by atoms with E-state index in [9.17, 15) is 0 Å². The Morgan fingerprint density at radius 2 is 2.12 bits per heavy atom. The third-order valence-corrected chi connectivity index (χ3v) is 2.77. The SMILES string of the molecule is CCn1nccc1-c1nc(C)c(C)c(NN)n1. The van der Waals surface area contributed by atoms with Gasteiger partial charge in [0, 0.05) is 24.0 Å². The van der Waals surface area contributed by atoms with E-state index >= 15 is 0 Å². The molecule has 6 nitrogen and oxygen atoms in total. The lowest BCUT2D eigenvalue weighted by atomic mass is 10.2. The second kappa shape index (κ2) is 4.50. The Kier molecular flexibility index (Phi) is 3.06. The van der Waals surface area contributed by atoms with Gasteiger partial charge in [-0.05, 0) is 26.8 Å². The number of hydrazine groups is 1. The molecule has 0 radical (unpaired) electrons. The van der Waals surface area contributed by atoms with Gasteiger partial charge in [0.15, 0.2) is 5.82 Å². The van der Waals surface area contributed by atoms with E-state index in [1.54, 1.807) is 6.20 Å². The second-order valence-corrected chi connectivity index (χ2v) is 3.78. The van der Waals surface area contributed by atoms with Crippen molar-refractivity contribution in [3.63, 3.8) is 0 Å². The van der Waals surface area contributed by atoms with Crippen molar-refractivity contribution in [2.45, 2.75) is 27.3 Å². The molecule has 0 saturated heterocycles. The predicted molar refractivity (Wildman–Crippen MR) is 66.2 cm³/mol. The number of rotatable bonds is 3. The first-order chi connectivity index (χ1) is 8.17. The number of nitrogens with zero attached hydrogens (tertiary/aromatic N) is 4. The number of nitrogens with two attached hydrogens (primary N) is 1. The molecule has 0 amide bonds. The summed E-state index contributed by atoms with van der Waals surface area (Å²) in [4.78, 5) is 8.86. The maximum Gasteiger partial charge on any atom is 0.180 e. The Bertz CT molecular complexity index is 531. The third-order valence-electron chi connectivity index (χ3n) is 2.77. The van der Waals surface area contributed by atoms with Gasteiger partial charge in [-0.3, -0.25) is 4.68 Å². The molecule has 0 bridgehead atoms. The van der Waals surface area contributed by atoms with Crippen LogP contribution in [0.5, 0.6) is 0 Å². The van der Waals surface area contributed by atoms with Crippen molar-refractivity contribution in [3.05, 3.63) is 23.5 Å². The lowest BCUT2D eigenvalue weighted by Gasteiger charge is -2.10. The van der Waals surface area contributed by atoms with Gasteiger partial charge in [0.2, 0.25) is 0 Å². The largest absolute Gasteiger partial charge is 0.308 e. The lowest BCUT2D eigenvalue weighted by Crippen LogP contribution is -2.13. The molecule has 0 aliphatic carbocycles. The van der Waals surface area contributed by atoms with Gasteiger partial charge in [-0.2, -0.15) is 5.10 Å². The average molecular weight is 232 g/mol. The summed E-state index contributed by atoms with van der Waals surface area (Å²) in [5, 5.41) is 4.20. The molecule has 17 heavy (non-hydrogen) atoms. The fraction of sp³-hybridized carbons (Fsp3) is 0.364. The Labute approximate surface area is 99.9 Å². The molecular formula is C11H16N6. The molecule has 6 heteroatoms. The quantitative estimate of drug-likeness (QED) is 0.615. The van der Waals surface area contributed by atoms with Crippen LogP contribution in [0.2, 0.25) is 0 Å². The third kappa shape index (κ3) is 1.99. The first-order valence-corrected chi connectivity index (χ1v) is 5.51. The summed E-state index contributed by atoms with van der Waals surface area (Å²) in [5.74, 6) is 6.74. The molecule has 2 heterocycles. The molecule has 0 saturated carbocycles. The van der Waals surface area contributed by atoms with Crippen LogP contribution in [0.3, 0.4) is 0 Å². The fourth-order valence-electron chi connectivity index (χ4n) is 1.66. The van der Waals surface area contributed by atoms with Gasteiger partial charge in [0.25, 0.3) is 0 Å². The maximum absolute atomic E-state index is 5.45. The molecule has 0 aliphatic heterocycles. The van der Waals surface area contributed by atoms with E-state index in [0.717, 1.165) is 23.5 Å². The van der Waals surface area contributed by atoms with Crippen LogP contribution in [0.4, 0.5) is 5.82 Å². The van der Waals surface area contributed by atoms with E-state index in [-0.39, 0.29) is 0 Å². The molecule has 0 fully saturated rings. The van der Waals surface area contributed by atoms with Crippen LogP contribution in [0.15, 0.2) is 12.3 Å². The second-order valence-electron chi connectivity index (χ2n) is 3.78. The van der Waals surface area contributed by atoms with Crippen molar-refractivity contribution in [2.75, 3.05) is 5.43 Å². The normalized spacial score (nSPS) is 10.6. The summed E-state index contributed by atoms with van der Waals surface area (Å²) in [6.45, 7) is 6.68. The lowest BCUT2D eigenvalue weighted by molar-refractivity contribution is 0.663. The first-order valence-electron chi connectivity index (χ1n) is 5.51. The zero-order valence-corrected chi connectivity index (χ0v) is 10.2. The number of hydrogen-bond acceptors (Lipinski definition) is 5. The molecule has 0 atom stereocenters. The summed E-state index contributed by atoms with van der Waals surface area (Å²) in [6.07, 6.45) is 1.74. The Morgan fingerprint density at radius 3 is 2.76 bits per heavy atom. The minimum Gasteiger partial charge on any atom is -0.308 e.